The van der Waals surface area contributed by atoms with Gasteiger partial charge in [0.25, 0.3) is 0 Å². The van der Waals surface area contributed by atoms with Crippen molar-refractivity contribution in [1.82, 2.24) is 4.90 Å². The van der Waals surface area contributed by atoms with Gasteiger partial charge in [-0.1, -0.05) is 18.1 Å². The van der Waals surface area contributed by atoms with Crippen molar-refractivity contribution in [2.45, 2.75) is 45.6 Å². The molecule has 1 saturated heterocycles. The molecule has 1 fully saturated rings. The molecule has 1 rings (SSSR count). The van der Waals surface area contributed by atoms with Crippen molar-refractivity contribution in [3.8, 4) is 0 Å². The van der Waals surface area contributed by atoms with E-state index in [1.54, 1.807) is 0 Å². The van der Waals surface area contributed by atoms with Gasteiger partial charge in [0.15, 0.2) is 0 Å². The van der Waals surface area contributed by atoms with Crippen LogP contribution in [0.5, 0.6) is 0 Å². The molecule has 0 bridgehead atoms. The van der Waals surface area contributed by atoms with E-state index >= 15 is 0 Å². The molecule has 1 aliphatic heterocycles. The molecule has 14 heavy (non-hydrogen) atoms. The third-order valence-corrected chi connectivity index (χ3v) is 2.95. The predicted molar refractivity (Wildman–Crippen MR) is 60.3 cm³/mol. The van der Waals surface area contributed by atoms with Crippen LogP contribution in [0.3, 0.4) is 0 Å². The Labute approximate surface area is 87.6 Å². The van der Waals surface area contributed by atoms with Crippen molar-refractivity contribution < 1.29 is 5.11 Å². The van der Waals surface area contributed by atoms with Crippen LogP contribution in [0.2, 0.25) is 0 Å². The van der Waals surface area contributed by atoms with Crippen LogP contribution in [0.1, 0.15) is 39.5 Å². The molecule has 1 N–H and O–H groups in total. The number of aliphatic hydroxyl groups excluding tert-OH is 1. The van der Waals surface area contributed by atoms with Crippen LogP contribution in [0.15, 0.2) is 11.6 Å². The van der Waals surface area contributed by atoms with Gasteiger partial charge in [0.1, 0.15) is 0 Å². The van der Waals surface area contributed by atoms with Crippen LogP contribution in [-0.2, 0) is 0 Å². The molecule has 1 unspecified atom stereocenters. The van der Waals surface area contributed by atoms with E-state index in [1.165, 1.54) is 31.4 Å². The minimum Gasteiger partial charge on any atom is -0.396 e. The summed E-state index contributed by atoms with van der Waals surface area (Å²) in [4.78, 5) is 2.51. The lowest BCUT2D eigenvalue weighted by molar-refractivity contribution is 0.132. The molecule has 0 aromatic rings. The number of likely N-dealkylation sites (tertiary alicyclic amines) is 1. The van der Waals surface area contributed by atoms with Crippen LogP contribution < -0.4 is 0 Å². The second-order valence-electron chi connectivity index (χ2n) is 4.44. The number of piperidine rings is 1. The van der Waals surface area contributed by atoms with Gasteiger partial charge >= 0.3 is 0 Å². The van der Waals surface area contributed by atoms with Crippen molar-refractivity contribution >= 4 is 0 Å². The van der Waals surface area contributed by atoms with Crippen molar-refractivity contribution in [3.63, 3.8) is 0 Å². The van der Waals surface area contributed by atoms with Crippen LogP contribution in [0.4, 0.5) is 0 Å². The first-order valence-corrected chi connectivity index (χ1v) is 5.72. The highest BCUT2D eigenvalue weighted by Crippen LogP contribution is 2.19. The maximum Gasteiger partial charge on any atom is 0.0445 e. The Bertz CT molecular complexity index is 183. The predicted octanol–water partition coefficient (Wildman–Crippen LogP) is 2.19. The lowest BCUT2D eigenvalue weighted by Crippen LogP contribution is -2.40. The number of hydrogen-bond donors (Lipinski definition) is 1. The number of allylic oxidation sites excluding steroid dienone is 1. The van der Waals surface area contributed by atoms with Gasteiger partial charge in [-0.05, 0) is 39.7 Å². The molecule has 0 aromatic heterocycles. The number of aliphatic hydroxyl groups is 1. The Morgan fingerprint density at radius 1 is 1.43 bits per heavy atom. The molecule has 0 radical (unpaired) electrons. The number of rotatable bonds is 4. The van der Waals surface area contributed by atoms with Crippen LogP contribution in [0, 0.1) is 0 Å². The second kappa shape index (κ2) is 6.20. The molecule has 1 aliphatic rings. The first kappa shape index (κ1) is 11.7. The minimum absolute atomic E-state index is 0.329. The standard InChI is InChI=1S/C12H23NO/c1-11(2)6-9-13-8-4-3-5-12(13)7-10-14/h6,12,14H,3-5,7-10H2,1-2H3. The maximum atomic E-state index is 8.97. The summed E-state index contributed by atoms with van der Waals surface area (Å²) in [6, 6.07) is 0.615. The topological polar surface area (TPSA) is 23.5 Å². The van der Waals surface area contributed by atoms with E-state index < -0.39 is 0 Å². The zero-order chi connectivity index (χ0) is 10.4. The van der Waals surface area contributed by atoms with E-state index in [1.807, 2.05) is 0 Å². The Balaban J connectivity index is 2.41. The second-order valence-corrected chi connectivity index (χ2v) is 4.44. The van der Waals surface area contributed by atoms with Crippen LogP contribution in [-0.4, -0.2) is 35.7 Å². The summed E-state index contributed by atoms with van der Waals surface area (Å²) in [6.07, 6.45) is 7.14. The average Bonchev–Trinajstić information content (AvgIpc) is 2.17. The Kier molecular flexibility index (Phi) is 5.20. The Morgan fingerprint density at radius 3 is 2.86 bits per heavy atom. The molecule has 0 amide bonds. The van der Waals surface area contributed by atoms with Gasteiger partial charge in [0.2, 0.25) is 0 Å². The first-order valence-electron chi connectivity index (χ1n) is 5.72. The van der Waals surface area contributed by atoms with Crippen molar-refractivity contribution in [2.24, 2.45) is 0 Å². The average molecular weight is 197 g/mol. The van der Waals surface area contributed by atoms with Gasteiger partial charge in [-0.15, -0.1) is 0 Å². The summed E-state index contributed by atoms with van der Waals surface area (Å²) in [6.45, 7) is 6.88. The zero-order valence-corrected chi connectivity index (χ0v) is 9.50. The third-order valence-electron chi connectivity index (χ3n) is 2.95. The van der Waals surface area contributed by atoms with Crippen molar-refractivity contribution in [1.29, 1.82) is 0 Å². The molecule has 0 aliphatic carbocycles. The van der Waals surface area contributed by atoms with Crippen LogP contribution in [0.25, 0.3) is 0 Å². The van der Waals surface area contributed by atoms with E-state index in [0.29, 0.717) is 12.6 Å². The quantitative estimate of drug-likeness (QED) is 0.698. The highest BCUT2D eigenvalue weighted by Gasteiger charge is 2.20. The largest absolute Gasteiger partial charge is 0.396 e. The fraction of sp³-hybridized carbons (Fsp3) is 0.833. The van der Waals surface area contributed by atoms with Gasteiger partial charge in [0.05, 0.1) is 0 Å². The van der Waals surface area contributed by atoms with Crippen molar-refractivity contribution in [2.75, 3.05) is 19.7 Å². The first-order chi connectivity index (χ1) is 6.74. The zero-order valence-electron chi connectivity index (χ0n) is 9.50. The maximum absolute atomic E-state index is 8.97. The number of hydrogen-bond acceptors (Lipinski definition) is 2. The van der Waals surface area contributed by atoms with E-state index in [4.69, 9.17) is 5.11 Å². The molecule has 1 atom stereocenters. The van der Waals surface area contributed by atoms with Crippen LogP contribution >= 0.6 is 0 Å². The van der Waals surface area contributed by atoms with E-state index in [-0.39, 0.29) is 0 Å². The molecule has 82 valence electrons. The van der Waals surface area contributed by atoms with Gasteiger partial charge in [-0.25, -0.2) is 0 Å². The highest BCUT2D eigenvalue weighted by atomic mass is 16.3. The normalized spacial score (nSPS) is 23.5. The van der Waals surface area contributed by atoms with E-state index in [0.717, 1.165) is 13.0 Å². The number of nitrogens with zero attached hydrogens (tertiary/aromatic N) is 1. The summed E-state index contributed by atoms with van der Waals surface area (Å²) in [5, 5.41) is 8.97. The highest BCUT2D eigenvalue weighted by molar-refractivity contribution is 4.96. The molecular formula is C12H23NO. The molecule has 0 spiro atoms. The monoisotopic (exact) mass is 197 g/mol. The lowest BCUT2D eigenvalue weighted by atomic mass is 9.99. The summed E-state index contributed by atoms with van der Waals surface area (Å²) in [5.74, 6) is 0. The summed E-state index contributed by atoms with van der Waals surface area (Å²) in [7, 11) is 0. The fourth-order valence-electron chi connectivity index (χ4n) is 2.08. The molecule has 0 aromatic carbocycles. The van der Waals surface area contributed by atoms with E-state index in [2.05, 4.69) is 24.8 Å². The Hall–Kier alpha value is -0.340. The minimum atomic E-state index is 0.329. The Morgan fingerprint density at radius 2 is 2.21 bits per heavy atom. The summed E-state index contributed by atoms with van der Waals surface area (Å²) in [5.41, 5.74) is 1.39. The molecule has 0 saturated carbocycles. The summed E-state index contributed by atoms with van der Waals surface area (Å²) >= 11 is 0. The smallest absolute Gasteiger partial charge is 0.0445 e. The SMILES string of the molecule is CC(C)=CCN1CCCCC1CCO. The fourth-order valence-corrected chi connectivity index (χ4v) is 2.08. The van der Waals surface area contributed by atoms with Gasteiger partial charge in [-0.2, -0.15) is 0 Å². The van der Waals surface area contributed by atoms with E-state index in [9.17, 15) is 0 Å². The van der Waals surface area contributed by atoms with Gasteiger partial charge in [-0.3, -0.25) is 4.90 Å². The molecule has 2 nitrogen and oxygen atoms in total. The van der Waals surface area contributed by atoms with Crippen molar-refractivity contribution in [3.05, 3.63) is 11.6 Å². The van der Waals surface area contributed by atoms with Gasteiger partial charge in [0, 0.05) is 19.2 Å². The molecule has 1 heterocycles. The molecular weight excluding hydrogens is 174 g/mol. The lowest BCUT2D eigenvalue weighted by Gasteiger charge is -2.34. The molecule has 2 heteroatoms. The summed E-state index contributed by atoms with van der Waals surface area (Å²) < 4.78 is 0. The van der Waals surface area contributed by atoms with Gasteiger partial charge < -0.3 is 5.11 Å². The third kappa shape index (κ3) is 3.81.